The zero-order valence-corrected chi connectivity index (χ0v) is 14.5. The molecule has 0 saturated heterocycles. The Labute approximate surface area is 146 Å². The molecule has 4 nitrogen and oxygen atoms in total. The number of nitrogens with one attached hydrogen (secondary N) is 1. The molecule has 0 spiro atoms. The Kier molecular flexibility index (Phi) is 5.74. The molecule has 2 amide bonds. The second-order valence-corrected chi connectivity index (χ2v) is 5.99. The average Bonchev–Trinajstić information content (AvgIpc) is 2.50. The summed E-state index contributed by atoms with van der Waals surface area (Å²) in [5.74, 6) is -1.32. The molecule has 0 radical (unpaired) electrons. The molecule has 0 aliphatic carbocycles. The van der Waals surface area contributed by atoms with Gasteiger partial charge in [0, 0.05) is 17.1 Å². The highest BCUT2D eigenvalue weighted by Gasteiger charge is 2.17. The molecule has 2 rings (SSSR count). The lowest BCUT2D eigenvalue weighted by Crippen LogP contribution is -2.36. The van der Waals surface area contributed by atoms with E-state index in [-0.39, 0.29) is 23.4 Å². The predicted octanol–water partition coefficient (Wildman–Crippen LogP) is 4.23. The molecule has 0 heterocycles. The molecule has 2 aromatic rings. The SMILES string of the molecule is CC(=O)N(CC(=O)Nc1ccccc1Br)c1ccc(F)c(Cl)c1. The van der Waals surface area contributed by atoms with E-state index in [1.54, 1.807) is 18.2 Å². The summed E-state index contributed by atoms with van der Waals surface area (Å²) in [6.07, 6.45) is 0. The summed E-state index contributed by atoms with van der Waals surface area (Å²) in [6, 6.07) is 11.0. The van der Waals surface area contributed by atoms with Crippen LogP contribution in [0, 0.1) is 5.82 Å². The zero-order chi connectivity index (χ0) is 17.0. The molecule has 0 bridgehead atoms. The number of amides is 2. The minimum absolute atomic E-state index is 0.111. The first kappa shape index (κ1) is 17.4. The largest absolute Gasteiger partial charge is 0.324 e. The lowest BCUT2D eigenvalue weighted by Gasteiger charge is -2.21. The van der Waals surface area contributed by atoms with Crippen LogP contribution in [0.5, 0.6) is 0 Å². The van der Waals surface area contributed by atoms with Gasteiger partial charge in [-0.05, 0) is 46.3 Å². The van der Waals surface area contributed by atoms with Crippen LogP contribution in [0.3, 0.4) is 0 Å². The van der Waals surface area contributed by atoms with E-state index >= 15 is 0 Å². The average molecular weight is 400 g/mol. The van der Waals surface area contributed by atoms with Gasteiger partial charge in [0.05, 0.1) is 10.7 Å². The summed E-state index contributed by atoms with van der Waals surface area (Å²) < 4.78 is 14.0. The highest BCUT2D eigenvalue weighted by atomic mass is 79.9. The molecule has 0 aliphatic heterocycles. The minimum Gasteiger partial charge on any atom is -0.324 e. The third-order valence-corrected chi connectivity index (χ3v) is 4.03. The third kappa shape index (κ3) is 4.53. The van der Waals surface area contributed by atoms with Crippen molar-refractivity contribution in [2.75, 3.05) is 16.8 Å². The number of carbonyl (C=O) groups excluding carboxylic acids is 2. The fraction of sp³-hybridized carbons (Fsp3) is 0.125. The Morgan fingerprint density at radius 2 is 1.96 bits per heavy atom. The van der Waals surface area contributed by atoms with Crippen LogP contribution >= 0.6 is 27.5 Å². The summed E-state index contributed by atoms with van der Waals surface area (Å²) >= 11 is 9.06. The van der Waals surface area contributed by atoms with Crippen molar-refractivity contribution in [2.24, 2.45) is 0 Å². The van der Waals surface area contributed by atoms with Gasteiger partial charge in [-0.3, -0.25) is 9.59 Å². The van der Waals surface area contributed by atoms with Crippen molar-refractivity contribution in [3.05, 3.63) is 57.8 Å². The van der Waals surface area contributed by atoms with Crippen LogP contribution in [-0.4, -0.2) is 18.4 Å². The predicted molar refractivity (Wildman–Crippen MR) is 92.2 cm³/mol. The van der Waals surface area contributed by atoms with Crippen molar-refractivity contribution < 1.29 is 14.0 Å². The molecule has 0 atom stereocenters. The maximum atomic E-state index is 13.2. The van der Waals surface area contributed by atoms with Gasteiger partial charge in [-0.1, -0.05) is 23.7 Å². The van der Waals surface area contributed by atoms with E-state index in [4.69, 9.17) is 11.6 Å². The molecule has 120 valence electrons. The summed E-state index contributed by atoms with van der Waals surface area (Å²) in [7, 11) is 0. The summed E-state index contributed by atoms with van der Waals surface area (Å²) in [5, 5.41) is 2.59. The van der Waals surface area contributed by atoms with E-state index in [2.05, 4.69) is 21.2 Å². The lowest BCUT2D eigenvalue weighted by atomic mass is 10.2. The van der Waals surface area contributed by atoms with Crippen LogP contribution in [0.15, 0.2) is 46.9 Å². The molecule has 0 aromatic heterocycles. The normalized spacial score (nSPS) is 10.3. The quantitative estimate of drug-likeness (QED) is 0.836. The summed E-state index contributed by atoms with van der Waals surface area (Å²) in [5.41, 5.74) is 0.948. The van der Waals surface area contributed by atoms with E-state index in [0.717, 1.165) is 10.5 Å². The fourth-order valence-electron chi connectivity index (χ4n) is 1.93. The number of hydrogen-bond donors (Lipinski definition) is 1. The van der Waals surface area contributed by atoms with Gasteiger partial charge in [0.2, 0.25) is 11.8 Å². The van der Waals surface area contributed by atoms with Gasteiger partial charge in [-0.25, -0.2) is 4.39 Å². The number of anilines is 2. The van der Waals surface area contributed by atoms with Gasteiger partial charge in [0.25, 0.3) is 0 Å². The van der Waals surface area contributed by atoms with Crippen molar-refractivity contribution in [3.8, 4) is 0 Å². The molecule has 7 heteroatoms. The van der Waals surface area contributed by atoms with Crippen molar-refractivity contribution in [3.63, 3.8) is 0 Å². The highest BCUT2D eigenvalue weighted by Crippen LogP contribution is 2.24. The maximum Gasteiger partial charge on any atom is 0.244 e. The van der Waals surface area contributed by atoms with Crippen LogP contribution in [-0.2, 0) is 9.59 Å². The topological polar surface area (TPSA) is 49.4 Å². The molecule has 0 saturated carbocycles. The van der Waals surface area contributed by atoms with E-state index in [9.17, 15) is 14.0 Å². The second kappa shape index (κ2) is 7.57. The number of hydrogen-bond acceptors (Lipinski definition) is 2. The zero-order valence-electron chi connectivity index (χ0n) is 12.1. The number of halogens is 3. The Hall–Kier alpha value is -1.92. The number of para-hydroxylation sites is 1. The third-order valence-electron chi connectivity index (χ3n) is 3.04. The standard InChI is InChI=1S/C16H13BrClFN2O2/c1-10(22)21(11-6-7-14(19)13(18)8-11)9-16(23)20-15-5-3-2-4-12(15)17/h2-8H,9H2,1H3,(H,20,23). The number of rotatable bonds is 4. The van der Waals surface area contributed by atoms with Gasteiger partial charge in [0.15, 0.2) is 0 Å². The van der Waals surface area contributed by atoms with Crippen molar-refractivity contribution in [1.82, 2.24) is 0 Å². The number of carbonyl (C=O) groups is 2. The highest BCUT2D eigenvalue weighted by molar-refractivity contribution is 9.10. The van der Waals surface area contributed by atoms with Crippen LogP contribution in [0.1, 0.15) is 6.92 Å². The van der Waals surface area contributed by atoms with Crippen LogP contribution < -0.4 is 10.2 Å². The first-order chi connectivity index (χ1) is 10.9. The maximum absolute atomic E-state index is 13.2. The monoisotopic (exact) mass is 398 g/mol. The summed E-state index contributed by atoms with van der Waals surface area (Å²) in [6.45, 7) is 1.11. The van der Waals surface area contributed by atoms with Gasteiger partial charge in [-0.2, -0.15) is 0 Å². The van der Waals surface area contributed by atoms with Gasteiger partial charge in [0.1, 0.15) is 12.4 Å². The minimum atomic E-state index is -0.586. The van der Waals surface area contributed by atoms with Crippen LogP contribution in [0.2, 0.25) is 5.02 Å². The van der Waals surface area contributed by atoms with Crippen LogP contribution in [0.25, 0.3) is 0 Å². The Morgan fingerprint density at radius 3 is 2.57 bits per heavy atom. The molecule has 0 unspecified atom stereocenters. The van der Waals surface area contributed by atoms with Gasteiger partial charge >= 0.3 is 0 Å². The Bertz CT molecular complexity index is 755. The second-order valence-electron chi connectivity index (χ2n) is 4.73. The van der Waals surface area contributed by atoms with E-state index < -0.39 is 5.82 Å². The van der Waals surface area contributed by atoms with Gasteiger partial charge < -0.3 is 10.2 Å². The Morgan fingerprint density at radius 1 is 1.26 bits per heavy atom. The molecule has 0 fully saturated rings. The lowest BCUT2D eigenvalue weighted by molar-refractivity contribution is -0.120. The molecule has 23 heavy (non-hydrogen) atoms. The smallest absolute Gasteiger partial charge is 0.244 e. The van der Waals surface area contributed by atoms with Crippen molar-refractivity contribution >= 4 is 50.7 Å². The van der Waals surface area contributed by atoms with E-state index in [1.165, 1.54) is 24.0 Å². The van der Waals surface area contributed by atoms with Crippen molar-refractivity contribution in [1.29, 1.82) is 0 Å². The molecular formula is C16H13BrClFN2O2. The number of benzene rings is 2. The van der Waals surface area contributed by atoms with Crippen LogP contribution in [0.4, 0.5) is 15.8 Å². The van der Waals surface area contributed by atoms with E-state index in [1.807, 2.05) is 6.07 Å². The molecule has 1 N–H and O–H groups in total. The van der Waals surface area contributed by atoms with Gasteiger partial charge in [-0.15, -0.1) is 0 Å². The molecular weight excluding hydrogens is 387 g/mol. The number of nitrogens with zero attached hydrogens (tertiary/aromatic N) is 1. The van der Waals surface area contributed by atoms with E-state index in [0.29, 0.717) is 11.4 Å². The molecule has 2 aromatic carbocycles. The Balaban J connectivity index is 2.16. The first-order valence-corrected chi connectivity index (χ1v) is 7.83. The molecule has 0 aliphatic rings. The fourth-order valence-corrected chi connectivity index (χ4v) is 2.49. The summed E-state index contributed by atoms with van der Waals surface area (Å²) in [4.78, 5) is 25.2. The first-order valence-electron chi connectivity index (χ1n) is 6.66. The van der Waals surface area contributed by atoms with Crippen molar-refractivity contribution in [2.45, 2.75) is 6.92 Å².